The number of hydrogen-bond donors (Lipinski definition) is 3. The zero-order valence-corrected chi connectivity index (χ0v) is 13.6. The molecule has 1 aromatic heterocycles. The molecule has 0 saturated heterocycles. The number of rotatable bonds is 5. The number of nitrogens with one attached hydrogen (secondary N) is 1. The number of nitrogens with two attached hydrogens (primary N) is 2. The van der Waals surface area contributed by atoms with Crippen LogP contribution in [0.15, 0.2) is 33.5 Å². The molecule has 1 amide bonds. The normalized spacial score (nSPS) is 11.0. The van der Waals surface area contributed by atoms with Gasteiger partial charge < -0.3 is 15.5 Å². The van der Waals surface area contributed by atoms with Crippen LogP contribution in [0.5, 0.6) is 0 Å². The Morgan fingerprint density at radius 2 is 1.96 bits per heavy atom. The van der Waals surface area contributed by atoms with Crippen molar-refractivity contribution >= 4 is 39.3 Å². The Bertz CT molecular complexity index is 879. The number of benzene rings is 1. The summed E-state index contributed by atoms with van der Waals surface area (Å²) in [6.45, 7) is -0.0165. The van der Waals surface area contributed by atoms with E-state index in [1.807, 2.05) is 0 Å². The number of primary sulfonamides is 1. The fraction of sp³-hybridized carbons (Fsp3) is 0.231. The molecule has 1 aromatic carbocycles. The van der Waals surface area contributed by atoms with Crippen LogP contribution >= 0.6 is 12.4 Å². The van der Waals surface area contributed by atoms with Crippen molar-refractivity contribution in [2.75, 3.05) is 12.3 Å². The summed E-state index contributed by atoms with van der Waals surface area (Å²) in [7, 11) is -3.64. The molecule has 0 bridgehead atoms. The highest BCUT2D eigenvalue weighted by Crippen LogP contribution is 2.14. The summed E-state index contributed by atoms with van der Waals surface area (Å²) in [5, 5.41) is 7.50. The molecule has 0 aliphatic heterocycles. The second kappa shape index (κ2) is 7.55. The van der Waals surface area contributed by atoms with Crippen molar-refractivity contribution in [3.63, 3.8) is 0 Å². The lowest BCUT2D eigenvalue weighted by Crippen LogP contribution is -2.31. The fourth-order valence-corrected chi connectivity index (χ4v) is 2.24. The van der Waals surface area contributed by atoms with Crippen molar-refractivity contribution in [2.24, 2.45) is 10.9 Å². The summed E-state index contributed by atoms with van der Waals surface area (Å²) in [4.78, 5) is 23.8. The average molecular weight is 362 g/mol. The lowest BCUT2D eigenvalue weighted by Gasteiger charge is -2.06. The molecule has 10 heteroatoms. The lowest BCUT2D eigenvalue weighted by atomic mass is 10.1. The van der Waals surface area contributed by atoms with Crippen LogP contribution in [0.2, 0.25) is 0 Å². The molecule has 0 aliphatic rings. The zero-order chi connectivity index (χ0) is 16.3. The van der Waals surface area contributed by atoms with E-state index in [0.29, 0.717) is 11.3 Å². The molecule has 0 fully saturated rings. The van der Waals surface area contributed by atoms with Crippen LogP contribution < -0.4 is 21.6 Å². The van der Waals surface area contributed by atoms with Crippen LogP contribution in [0.1, 0.15) is 16.1 Å². The van der Waals surface area contributed by atoms with Gasteiger partial charge in [0.1, 0.15) is 11.3 Å². The van der Waals surface area contributed by atoms with Crippen molar-refractivity contribution in [3.05, 3.63) is 45.8 Å². The van der Waals surface area contributed by atoms with E-state index < -0.39 is 15.9 Å². The van der Waals surface area contributed by atoms with Gasteiger partial charge in [0, 0.05) is 18.2 Å². The van der Waals surface area contributed by atoms with Gasteiger partial charge in [-0.3, -0.25) is 9.59 Å². The van der Waals surface area contributed by atoms with E-state index in [1.165, 1.54) is 24.3 Å². The number of carbonyl (C=O) groups excluding carboxylic acids is 1. The van der Waals surface area contributed by atoms with Crippen LogP contribution in [-0.4, -0.2) is 26.6 Å². The van der Waals surface area contributed by atoms with Gasteiger partial charge in [0.25, 0.3) is 5.91 Å². The van der Waals surface area contributed by atoms with Crippen molar-refractivity contribution in [3.8, 4) is 0 Å². The number of hydrogen-bond acceptors (Lipinski definition) is 6. The second-order valence-electron chi connectivity index (χ2n) is 4.61. The first-order valence-electron chi connectivity index (χ1n) is 6.35. The third-order valence-electron chi connectivity index (χ3n) is 2.91. The van der Waals surface area contributed by atoms with Gasteiger partial charge in [0.2, 0.25) is 10.0 Å². The van der Waals surface area contributed by atoms with Gasteiger partial charge in [-0.15, -0.1) is 12.4 Å². The van der Waals surface area contributed by atoms with Crippen LogP contribution in [0.4, 0.5) is 0 Å². The third-order valence-corrected chi connectivity index (χ3v) is 3.69. The Labute approximate surface area is 138 Å². The van der Waals surface area contributed by atoms with Crippen LogP contribution in [0, 0.1) is 0 Å². The van der Waals surface area contributed by atoms with Crippen LogP contribution in [0.3, 0.4) is 0 Å². The summed E-state index contributed by atoms with van der Waals surface area (Å²) in [6.07, 6.45) is 0. The van der Waals surface area contributed by atoms with E-state index in [9.17, 15) is 18.0 Å². The lowest BCUT2D eigenvalue weighted by molar-refractivity contribution is 0.0956. The fourth-order valence-electron chi connectivity index (χ4n) is 1.86. The molecule has 0 spiro atoms. The Balaban J connectivity index is 0.00000264. The molecular formula is C13H16ClN3O5S. The number of amides is 1. The first-order valence-corrected chi connectivity index (χ1v) is 8.07. The van der Waals surface area contributed by atoms with E-state index in [-0.39, 0.29) is 47.6 Å². The van der Waals surface area contributed by atoms with Crippen molar-refractivity contribution in [1.29, 1.82) is 0 Å². The van der Waals surface area contributed by atoms with E-state index in [2.05, 4.69) is 5.32 Å². The third kappa shape index (κ3) is 5.03. The smallest absolute Gasteiger partial charge is 0.251 e. The molecule has 0 aliphatic carbocycles. The minimum absolute atomic E-state index is 0. The quantitative estimate of drug-likeness (QED) is 0.666. The Morgan fingerprint density at radius 1 is 1.26 bits per heavy atom. The van der Waals surface area contributed by atoms with Crippen LogP contribution in [-0.2, 0) is 16.6 Å². The summed E-state index contributed by atoms with van der Waals surface area (Å²) < 4.78 is 27.0. The Kier molecular flexibility index (Phi) is 6.28. The molecule has 0 atom stereocenters. The van der Waals surface area contributed by atoms with Gasteiger partial charge in [-0.05, 0) is 18.2 Å². The molecule has 5 N–H and O–H groups in total. The molecule has 2 aromatic rings. The molecule has 23 heavy (non-hydrogen) atoms. The summed E-state index contributed by atoms with van der Waals surface area (Å²) >= 11 is 0. The Hall–Kier alpha value is -1.94. The topological polar surface area (TPSA) is 145 Å². The highest BCUT2D eigenvalue weighted by Gasteiger charge is 2.11. The van der Waals surface area contributed by atoms with E-state index in [1.54, 1.807) is 0 Å². The summed E-state index contributed by atoms with van der Waals surface area (Å²) in [5.74, 6) is -0.524. The second-order valence-corrected chi connectivity index (χ2v) is 6.35. The van der Waals surface area contributed by atoms with Gasteiger partial charge in [0.05, 0.1) is 17.7 Å². The van der Waals surface area contributed by atoms with Gasteiger partial charge in [0.15, 0.2) is 5.43 Å². The van der Waals surface area contributed by atoms with Gasteiger partial charge >= 0.3 is 0 Å². The van der Waals surface area contributed by atoms with Crippen molar-refractivity contribution in [1.82, 2.24) is 5.32 Å². The SMILES string of the molecule is Cl.NCc1cc(=O)c2cc(C(=O)NCCS(N)(=O)=O)ccc2o1. The van der Waals surface area contributed by atoms with Gasteiger partial charge in [-0.2, -0.15) is 0 Å². The Morgan fingerprint density at radius 3 is 2.57 bits per heavy atom. The summed E-state index contributed by atoms with van der Waals surface area (Å²) in [6, 6.07) is 5.61. The zero-order valence-electron chi connectivity index (χ0n) is 11.9. The first kappa shape index (κ1) is 19.1. The van der Waals surface area contributed by atoms with Gasteiger partial charge in [-0.25, -0.2) is 13.6 Å². The summed E-state index contributed by atoms with van der Waals surface area (Å²) in [5.41, 5.74) is 5.66. The minimum atomic E-state index is -3.64. The molecule has 8 nitrogen and oxygen atoms in total. The van der Waals surface area contributed by atoms with Crippen molar-refractivity contribution in [2.45, 2.75) is 6.54 Å². The maximum absolute atomic E-state index is 11.9. The van der Waals surface area contributed by atoms with Gasteiger partial charge in [-0.1, -0.05) is 0 Å². The minimum Gasteiger partial charge on any atom is -0.459 e. The number of carbonyl (C=O) groups is 1. The predicted molar refractivity (Wildman–Crippen MR) is 87.9 cm³/mol. The molecule has 0 radical (unpaired) electrons. The molecule has 1 heterocycles. The maximum Gasteiger partial charge on any atom is 0.251 e. The van der Waals surface area contributed by atoms with E-state index in [4.69, 9.17) is 15.3 Å². The molecule has 126 valence electrons. The maximum atomic E-state index is 11.9. The average Bonchev–Trinajstić information content (AvgIpc) is 2.45. The predicted octanol–water partition coefficient (Wildman–Crippen LogP) is -0.308. The number of sulfonamides is 1. The highest BCUT2D eigenvalue weighted by atomic mass is 35.5. The molecule has 0 saturated carbocycles. The first-order chi connectivity index (χ1) is 10.3. The van der Waals surface area contributed by atoms with Crippen molar-refractivity contribution < 1.29 is 17.6 Å². The van der Waals surface area contributed by atoms with E-state index >= 15 is 0 Å². The monoisotopic (exact) mass is 361 g/mol. The molecular weight excluding hydrogens is 346 g/mol. The molecule has 2 rings (SSSR count). The highest BCUT2D eigenvalue weighted by molar-refractivity contribution is 7.89. The van der Waals surface area contributed by atoms with Crippen LogP contribution in [0.25, 0.3) is 11.0 Å². The number of halogens is 1. The standard InChI is InChI=1S/C13H15N3O5S.ClH/c14-7-9-6-11(17)10-5-8(1-2-12(10)21-9)13(18)16-3-4-22(15,19)20;/h1-2,5-6H,3-4,7,14H2,(H,16,18)(H2,15,19,20);1H. The van der Waals surface area contributed by atoms with E-state index in [0.717, 1.165) is 0 Å². The largest absolute Gasteiger partial charge is 0.459 e. The number of fused-ring (bicyclic) bond motifs is 1. The molecule has 0 unspecified atom stereocenters.